The average Bonchev–Trinajstić information content (AvgIpc) is 2.63. The highest BCUT2D eigenvalue weighted by Gasteiger charge is 2.28. The number of carboxylic acid groups (broad SMARTS) is 1. The van der Waals surface area contributed by atoms with Gasteiger partial charge in [-0.05, 0) is 26.2 Å². The fourth-order valence-corrected chi connectivity index (χ4v) is 1.91. The first-order valence-corrected chi connectivity index (χ1v) is 5.30. The van der Waals surface area contributed by atoms with E-state index in [1.807, 2.05) is 0 Å². The summed E-state index contributed by atoms with van der Waals surface area (Å²) in [6.07, 6.45) is 1.74. The molecule has 1 aliphatic heterocycles. The van der Waals surface area contributed by atoms with Gasteiger partial charge in [-0.25, -0.2) is 4.79 Å². The topological polar surface area (TPSA) is 66.8 Å². The van der Waals surface area contributed by atoms with Gasteiger partial charge in [-0.1, -0.05) is 0 Å². The highest BCUT2D eigenvalue weighted by molar-refractivity contribution is 5.69. The van der Waals surface area contributed by atoms with Crippen LogP contribution >= 0.6 is 0 Å². The third kappa shape index (κ3) is 3.42. The summed E-state index contributed by atoms with van der Waals surface area (Å²) in [4.78, 5) is 23.3. The average molecular weight is 215 g/mol. The molecular weight excluding hydrogens is 198 g/mol. The quantitative estimate of drug-likeness (QED) is 0.721. The van der Waals surface area contributed by atoms with E-state index < -0.39 is 6.09 Å². The second kappa shape index (κ2) is 5.58. The Kier molecular flexibility index (Phi) is 4.39. The van der Waals surface area contributed by atoms with Crippen LogP contribution in [0.4, 0.5) is 4.79 Å². The van der Waals surface area contributed by atoms with Gasteiger partial charge in [0.25, 0.3) is 0 Å². The van der Waals surface area contributed by atoms with Crippen molar-refractivity contribution >= 4 is 12.1 Å². The second-order valence-corrected chi connectivity index (χ2v) is 3.62. The first-order chi connectivity index (χ1) is 7.15. The largest absolute Gasteiger partial charge is 0.466 e. The Balaban J connectivity index is 2.31. The molecule has 1 rings (SSSR count). The summed E-state index contributed by atoms with van der Waals surface area (Å²) < 4.78 is 4.79. The molecule has 1 fully saturated rings. The van der Waals surface area contributed by atoms with Crippen LogP contribution in [0.1, 0.15) is 32.6 Å². The lowest BCUT2D eigenvalue weighted by Gasteiger charge is -2.20. The highest BCUT2D eigenvalue weighted by Crippen LogP contribution is 2.21. The Hall–Kier alpha value is -1.26. The molecule has 86 valence electrons. The molecule has 0 aromatic heterocycles. The van der Waals surface area contributed by atoms with E-state index in [0.717, 1.165) is 12.8 Å². The summed E-state index contributed by atoms with van der Waals surface area (Å²) in [6.45, 7) is 2.73. The van der Waals surface area contributed by atoms with E-state index >= 15 is 0 Å². The fourth-order valence-electron chi connectivity index (χ4n) is 1.91. The summed E-state index contributed by atoms with van der Waals surface area (Å²) in [5.41, 5.74) is 0. The van der Waals surface area contributed by atoms with Crippen molar-refractivity contribution in [3.63, 3.8) is 0 Å². The van der Waals surface area contributed by atoms with Gasteiger partial charge in [-0.15, -0.1) is 0 Å². The van der Waals surface area contributed by atoms with E-state index in [9.17, 15) is 9.59 Å². The van der Waals surface area contributed by atoms with Gasteiger partial charge in [-0.3, -0.25) is 4.79 Å². The van der Waals surface area contributed by atoms with Gasteiger partial charge in [0.1, 0.15) is 0 Å². The van der Waals surface area contributed by atoms with Crippen LogP contribution < -0.4 is 0 Å². The van der Waals surface area contributed by atoms with Crippen molar-refractivity contribution in [2.45, 2.75) is 38.6 Å². The number of carbonyl (C=O) groups is 2. The summed E-state index contributed by atoms with van der Waals surface area (Å²) in [7, 11) is 0. The van der Waals surface area contributed by atoms with E-state index in [1.165, 1.54) is 4.90 Å². The van der Waals surface area contributed by atoms with E-state index in [1.54, 1.807) is 6.92 Å². The van der Waals surface area contributed by atoms with Gasteiger partial charge in [0, 0.05) is 19.0 Å². The number of hydrogen-bond acceptors (Lipinski definition) is 3. The fraction of sp³-hybridized carbons (Fsp3) is 0.800. The first kappa shape index (κ1) is 11.8. The molecule has 0 bridgehead atoms. The van der Waals surface area contributed by atoms with Crippen LogP contribution in [0.3, 0.4) is 0 Å². The van der Waals surface area contributed by atoms with Gasteiger partial charge in [-0.2, -0.15) is 0 Å². The zero-order valence-corrected chi connectivity index (χ0v) is 8.94. The lowest BCUT2D eigenvalue weighted by Crippen LogP contribution is -2.34. The molecular formula is C10H17NO4. The third-order valence-corrected chi connectivity index (χ3v) is 2.61. The number of rotatable bonds is 4. The maximum absolute atomic E-state index is 11.1. The standard InChI is InChI=1S/C10H17NO4/c1-2-15-9(12)6-5-8-4-3-7-11(8)10(13)14/h8H,2-7H2,1H3,(H,13,14)/t8-/m0/s1. The normalized spacial score (nSPS) is 20.3. The van der Waals surface area contributed by atoms with Gasteiger partial charge in [0.05, 0.1) is 6.61 Å². The number of amides is 1. The van der Waals surface area contributed by atoms with Crippen molar-refractivity contribution in [3.05, 3.63) is 0 Å². The van der Waals surface area contributed by atoms with Crippen molar-refractivity contribution < 1.29 is 19.4 Å². The molecule has 1 atom stereocenters. The van der Waals surface area contributed by atoms with E-state index in [2.05, 4.69) is 0 Å². The van der Waals surface area contributed by atoms with Crippen LogP contribution in [-0.4, -0.2) is 41.3 Å². The minimum absolute atomic E-state index is 0.00749. The van der Waals surface area contributed by atoms with Gasteiger partial charge in [0.15, 0.2) is 0 Å². The third-order valence-electron chi connectivity index (χ3n) is 2.61. The molecule has 1 heterocycles. The van der Waals surface area contributed by atoms with Gasteiger partial charge < -0.3 is 14.7 Å². The van der Waals surface area contributed by atoms with Crippen molar-refractivity contribution in [3.8, 4) is 0 Å². The molecule has 15 heavy (non-hydrogen) atoms. The molecule has 0 spiro atoms. The lowest BCUT2D eigenvalue weighted by molar-refractivity contribution is -0.143. The number of nitrogens with zero attached hydrogens (tertiary/aromatic N) is 1. The van der Waals surface area contributed by atoms with Crippen LogP contribution in [0, 0.1) is 0 Å². The molecule has 0 radical (unpaired) electrons. The van der Waals surface area contributed by atoms with Crippen LogP contribution in [0.2, 0.25) is 0 Å². The molecule has 0 saturated carbocycles. The first-order valence-electron chi connectivity index (χ1n) is 5.30. The maximum Gasteiger partial charge on any atom is 0.407 e. The summed E-state index contributed by atoms with van der Waals surface area (Å²) in [5, 5.41) is 8.86. The highest BCUT2D eigenvalue weighted by atomic mass is 16.5. The molecule has 1 N–H and O–H groups in total. The smallest absolute Gasteiger partial charge is 0.407 e. The Bertz CT molecular complexity index is 242. The Morgan fingerprint density at radius 2 is 2.27 bits per heavy atom. The van der Waals surface area contributed by atoms with Crippen molar-refractivity contribution in [2.24, 2.45) is 0 Å². The van der Waals surface area contributed by atoms with Crippen LogP contribution in [0.5, 0.6) is 0 Å². The molecule has 0 aromatic carbocycles. The minimum Gasteiger partial charge on any atom is -0.466 e. The Labute approximate surface area is 89.0 Å². The Morgan fingerprint density at radius 3 is 2.87 bits per heavy atom. The number of esters is 1. The predicted molar refractivity (Wildman–Crippen MR) is 53.6 cm³/mol. The Morgan fingerprint density at radius 1 is 1.53 bits per heavy atom. The van der Waals surface area contributed by atoms with E-state index in [4.69, 9.17) is 9.84 Å². The zero-order valence-electron chi connectivity index (χ0n) is 8.94. The number of ether oxygens (including phenoxy) is 1. The molecule has 0 unspecified atom stereocenters. The molecule has 1 saturated heterocycles. The molecule has 1 aliphatic rings. The minimum atomic E-state index is -0.888. The zero-order chi connectivity index (χ0) is 11.3. The monoisotopic (exact) mass is 215 g/mol. The van der Waals surface area contributed by atoms with Crippen LogP contribution in [0.15, 0.2) is 0 Å². The van der Waals surface area contributed by atoms with Crippen molar-refractivity contribution in [1.82, 2.24) is 4.90 Å². The van der Waals surface area contributed by atoms with E-state index in [-0.39, 0.29) is 12.0 Å². The summed E-state index contributed by atoms with van der Waals surface area (Å²) in [6, 6.07) is -0.00749. The summed E-state index contributed by atoms with van der Waals surface area (Å²) >= 11 is 0. The van der Waals surface area contributed by atoms with Crippen LogP contribution in [-0.2, 0) is 9.53 Å². The maximum atomic E-state index is 11.1. The molecule has 5 nitrogen and oxygen atoms in total. The lowest BCUT2D eigenvalue weighted by atomic mass is 10.1. The van der Waals surface area contributed by atoms with Gasteiger partial charge in [0.2, 0.25) is 0 Å². The number of hydrogen-bond donors (Lipinski definition) is 1. The predicted octanol–water partition coefficient (Wildman–Crippen LogP) is 1.47. The molecule has 0 aliphatic carbocycles. The van der Waals surface area contributed by atoms with E-state index in [0.29, 0.717) is 26.0 Å². The molecule has 1 amide bonds. The molecule has 0 aromatic rings. The summed E-state index contributed by atoms with van der Waals surface area (Å²) in [5.74, 6) is -0.241. The van der Waals surface area contributed by atoms with Crippen molar-refractivity contribution in [1.29, 1.82) is 0 Å². The number of carbonyl (C=O) groups excluding carboxylic acids is 1. The second-order valence-electron chi connectivity index (χ2n) is 3.62. The number of likely N-dealkylation sites (tertiary alicyclic amines) is 1. The van der Waals surface area contributed by atoms with Gasteiger partial charge >= 0.3 is 12.1 Å². The molecule has 5 heteroatoms. The SMILES string of the molecule is CCOC(=O)CC[C@@H]1CCCN1C(=O)O. The van der Waals surface area contributed by atoms with Crippen LogP contribution in [0.25, 0.3) is 0 Å². The van der Waals surface area contributed by atoms with Crippen molar-refractivity contribution in [2.75, 3.05) is 13.2 Å².